The Labute approximate surface area is 127 Å². The van der Waals surface area contributed by atoms with Gasteiger partial charge >= 0.3 is 0 Å². The van der Waals surface area contributed by atoms with Crippen molar-refractivity contribution in [3.63, 3.8) is 0 Å². The number of nitrogens with one attached hydrogen (secondary N) is 1. The lowest BCUT2D eigenvalue weighted by molar-refractivity contribution is -0.121. The van der Waals surface area contributed by atoms with Crippen molar-refractivity contribution in [2.45, 2.75) is 13.3 Å². The predicted molar refractivity (Wildman–Crippen MR) is 84.3 cm³/mol. The number of thiazole rings is 1. The monoisotopic (exact) mass is 306 g/mol. The molecule has 0 radical (unpaired) electrons. The van der Waals surface area contributed by atoms with Crippen LogP contribution in [-0.4, -0.2) is 41.8 Å². The first-order chi connectivity index (χ1) is 10.0. The molecule has 6 nitrogen and oxygen atoms in total. The molecular formula is C14H18N4O2S. The molecule has 2 aromatic rings. The van der Waals surface area contributed by atoms with Crippen LogP contribution in [-0.2, 0) is 4.79 Å². The molecule has 0 atom stereocenters. The molecule has 3 N–H and O–H groups in total. The molecule has 0 aliphatic rings. The van der Waals surface area contributed by atoms with E-state index < -0.39 is 0 Å². The van der Waals surface area contributed by atoms with Gasteiger partial charge in [0, 0.05) is 19.2 Å². The molecule has 112 valence electrons. The predicted octanol–water partition coefficient (Wildman–Crippen LogP) is 1.48. The number of carbonyl (C=O) groups excluding carboxylic acids is 2. The Kier molecular flexibility index (Phi) is 4.74. The minimum absolute atomic E-state index is 0.0434. The number of fused-ring (bicyclic) bond motifs is 1. The molecule has 1 aromatic carbocycles. The van der Waals surface area contributed by atoms with Crippen LogP contribution in [0.1, 0.15) is 23.7 Å². The normalized spacial score (nSPS) is 10.6. The highest BCUT2D eigenvalue weighted by molar-refractivity contribution is 7.22. The number of nitrogen functional groups attached to an aromatic ring is 1. The van der Waals surface area contributed by atoms with E-state index in [1.165, 1.54) is 16.2 Å². The van der Waals surface area contributed by atoms with Gasteiger partial charge in [0.2, 0.25) is 5.91 Å². The number of benzene rings is 1. The number of anilines is 1. The largest absolute Gasteiger partial charge is 0.375 e. The summed E-state index contributed by atoms with van der Waals surface area (Å²) in [7, 11) is 1.61. The van der Waals surface area contributed by atoms with Gasteiger partial charge < -0.3 is 16.0 Å². The molecule has 0 fully saturated rings. The van der Waals surface area contributed by atoms with E-state index in [1.54, 1.807) is 25.2 Å². The number of rotatable bonds is 5. The molecule has 0 saturated carbocycles. The maximum atomic E-state index is 12.3. The topological polar surface area (TPSA) is 88.3 Å². The average Bonchev–Trinajstić information content (AvgIpc) is 2.83. The Balaban J connectivity index is 2.08. The molecule has 1 aromatic heterocycles. The molecule has 21 heavy (non-hydrogen) atoms. The number of aromatic nitrogens is 1. The van der Waals surface area contributed by atoms with Crippen molar-refractivity contribution < 1.29 is 9.59 Å². The average molecular weight is 306 g/mol. The van der Waals surface area contributed by atoms with E-state index in [0.717, 1.165) is 16.6 Å². The fourth-order valence-corrected chi connectivity index (χ4v) is 2.68. The lowest BCUT2D eigenvalue weighted by Crippen LogP contribution is -2.38. The van der Waals surface area contributed by atoms with Crippen molar-refractivity contribution in [1.29, 1.82) is 0 Å². The summed E-state index contributed by atoms with van der Waals surface area (Å²) >= 11 is 1.34. The van der Waals surface area contributed by atoms with Gasteiger partial charge in [-0.15, -0.1) is 0 Å². The highest BCUT2D eigenvalue weighted by Crippen LogP contribution is 2.24. The third-order valence-corrected chi connectivity index (χ3v) is 3.80. The van der Waals surface area contributed by atoms with Gasteiger partial charge in [-0.05, 0) is 24.6 Å². The number of nitrogens with two attached hydrogens (primary N) is 1. The molecule has 0 spiro atoms. The van der Waals surface area contributed by atoms with Gasteiger partial charge in [0.05, 0.1) is 16.8 Å². The first-order valence-corrected chi connectivity index (χ1v) is 7.51. The molecular weight excluding hydrogens is 288 g/mol. The Hall–Kier alpha value is -2.15. The summed E-state index contributed by atoms with van der Waals surface area (Å²) in [5.41, 5.74) is 6.95. The van der Waals surface area contributed by atoms with E-state index in [0.29, 0.717) is 17.2 Å². The Morgan fingerprint density at radius 2 is 2.19 bits per heavy atom. The van der Waals surface area contributed by atoms with Crippen LogP contribution >= 0.6 is 11.3 Å². The zero-order valence-electron chi connectivity index (χ0n) is 12.0. The summed E-state index contributed by atoms with van der Waals surface area (Å²) in [4.78, 5) is 29.5. The van der Waals surface area contributed by atoms with Crippen molar-refractivity contribution in [3.8, 4) is 0 Å². The van der Waals surface area contributed by atoms with Crippen molar-refractivity contribution in [2.24, 2.45) is 0 Å². The van der Waals surface area contributed by atoms with E-state index in [1.807, 2.05) is 6.92 Å². The fourth-order valence-electron chi connectivity index (χ4n) is 1.90. The van der Waals surface area contributed by atoms with Crippen LogP contribution in [0.4, 0.5) is 5.13 Å². The smallest absolute Gasteiger partial charge is 0.254 e. The van der Waals surface area contributed by atoms with Crippen LogP contribution < -0.4 is 11.1 Å². The van der Waals surface area contributed by atoms with Crippen molar-refractivity contribution in [3.05, 3.63) is 23.8 Å². The molecule has 7 heteroatoms. The molecule has 2 rings (SSSR count). The van der Waals surface area contributed by atoms with Gasteiger partial charge in [-0.3, -0.25) is 9.59 Å². The van der Waals surface area contributed by atoms with Gasteiger partial charge in [0.1, 0.15) is 0 Å². The summed E-state index contributed by atoms with van der Waals surface area (Å²) in [5, 5.41) is 3.22. The van der Waals surface area contributed by atoms with E-state index in [2.05, 4.69) is 10.3 Å². The van der Waals surface area contributed by atoms with Gasteiger partial charge in [-0.25, -0.2) is 4.98 Å². The minimum atomic E-state index is -0.199. The SMILES string of the molecule is CCCNC(=O)CN(C)C(=O)c1ccc2nc(N)sc2c1. The second kappa shape index (κ2) is 6.53. The molecule has 0 aliphatic carbocycles. The number of nitrogens with zero attached hydrogens (tertiary/aromatic N) is 2. The maximum Gasteiger partial charge on any atom is 0.254 e. The van der Waals surface area contributed by atoms with Crippen LogP contribution in [0.25, 0.3) is 10.2 Å². The van der Waals surface area contributed by atoms with Crippen LogP contribution in [0.5, 0.6) is 0 Å². The van der Waals surface area contributed by atoms with E-state index in [4.69, 9.17) is 5.73 Å². The lowest BCUT2D eigenvalue weighted by Gasteiger charge is -2.16. The lowest BCUT2D eigenvalue weighted by atomic mass is 10.2. The summed E-state index contributed by atoms with van der Waals surface area (Å²) in [6, 6.07) is 5.22. The van der Waals surface area contributed by atoms with Gasteiger partial charge in [-0.2, -0.15) is 0 Å². The molecule has 0 aliphatic heterocycles. The molecule has 0 saturated heterocycles. The highest BCUT2D eigenvalue weighted by atomic mass is 32.1. The van der Waals surface area contributed by atoms with Crippen LogP contribution in [0.15, 0.2) is 18.2 Å². The van der Waals surface area contributed by atoms with Crippen LogP contribution in [0.3, 0.4) is 0 Å². The van der Waals surface area contributed by atoms with Crippen molar-refractivity contribution >= 4 is 38.5 Å². The van der Waals surface area contributed by atoms with Crippen molar-refractivity contribution in [1.82, 2.24) is 15.2 Å². The number of hydrogen-bond donors (Lipinski definition) is 2. The van der Waals surface area contributed by atoms with Crippen LogP contribution in [0.2, 0.25) is 0 Å². The van der Waals surface area contributed by atoms with Crippen LogP contribution in [0, 0.1) is 0 Å². The third-order valence-electron chi connectivity index (χ3n) is 2.95. The van der Waals surface area contributed by atoms with E-state index >= 15 is 0 Å². The standard InChI is InChI=1S/C14H18N4O2S/c1-3-6-16-12(19)8-18(2)13(20)9-4-5-10-11(7-9)21-14(15)17-10/h4-5,7H,3,6,8H2,1-2H3,(H2,15,17)(H,16,19). The first-order valence-electron chi connectivity index (χ1n) is 6.69. The van der Waals surface area contributed by atoms with E-state index in [9.17, 15) is 9.59 Å². The maximum absolute atomic E-state index is 12.3. The number of hydrogen-bond acceptors (Lipinski definition) is 5. The minimum Gasteiger partial charge on any atom is -0.375 e. The third kappa shape index (κ3) is 3.69. The second-order valence-corrected chi connectivity index (χ2v) is 5.81. The Morgan fingerprint density at radius 1 is 1.43 bits per heavy atom. The summed E-state index contributed by atoms with van der Waals surface area (Å²) in [6.07, 6.45) is 0.868. The summed E-state index contributed by atoms with van der Waals surface area (Å²) in [5.74, 6) is -0.355. The zero-order valence-corrected chi connectivity index (χ0v) is 12.9. The van der Waals surface area contributed by atoms with Gasteiger partial charge in [-0.1, -0.05) is 18.3 Å². The summed E-state index contributed by atoms with van der Waals surface area (Å²) in [6.45, 7) is 2.64. The van der Waals surface area contributed by atoms with Gasteiger partial charge in [0.25, 0.3) is 5.91 Å². The number of carbonyl (C=O) groups is 2. The molecule has 2 amide bonds. The number of likely N-dealkylation sites (N-methyl/N-ethyl adjacent to an activating group) is 1. The van der Waals surface area contributed by atoms with Gasteiger partial charge in [0.15, 0.2) is 5.13 Å². The Morgan fingerprint density at radius 3 is 2.90 bits per heavy atom. The van der Waals surface area contributed by atoms with E-state index in [-0.39, 0.29) is 18.4 Å². The quantitative estimate of drug-likeness (QED) is 0.875. The summed E-state index contributed by atoms with van der Waals surface area (Å²) < 4.78 is 0.863. The fraction of sp³-hybridized carbons (Fsp3) is 0.357. The molecule has 1 heterocycles. The zero-order chi connectivity index (χ0) is 15.4. The first kappa shape index (κ1) is 15.2. The highest BCUT2D eigenvalue weighted by Gasteiger charge is 2.15. The second-order valence-electron chi connectivity index (χ2n) is 4.75. The van der Waals surface area contributed by atoms with Crippen molar-refractivity contribution in [2.75, 3.05) is 25.9 Å². The molecule has 0 bridgehead atoms. The number of amides is 2. The Bertz CT molecular complexity index is 668. The molecule has 0 unspecified atom stereocenters.